The Morgan fingerprint density at radius 2 is 2.00 bits per heavy atom. The lowest BCUT2D eigenvalue weighted by Gasteiger charge is -2.46. The molecule has 1 aliphatic rings. The zero-order chi connectivity index (χ0) is 9.24. The van der Waals surface area contributed by atoms with Crippen LogP contribution in [0.4, 0.5) is 0 Å². The fraction of sp³-hybridized carbons (Fsp3) is 1.00. The Kier molecular flexibility index (Phi) is 3.44. The fourth-order valence-electron chi connectivity index (χ4n) is 2.39. The molecule has 0 aliphatic carbocycles. The summed E-state index contributed by atoms with van der Waals surface area (Å²) >= 11 is 3.59. The van der Waals surface area contributed by atoms with Gasteiger partial charge in [0.25, 0.3) is 0 Å². The van der Waals surface area contributed by atoms with Crippen LogP contribution >= 0.6 is 15.9 Å². The molecule has 0 aromatic carbocycles. The maximum Gasteiger partial charge on any atom is 0.0533 e. The molecule has 1 unspecified atom stereocenters. The van der Waals surface area contributed by atoms with E-state index in [4.69, 9.17) is 0 Å². The average molecular weight is 249 g/mol. The molecule has 0 N–H and O–H groups in total. The van der Waals surface area contributed by atoms with Crippen LogP contribution < -0.4 is 0 Å². The Labute approximate surface area is 86.3 Å². The van der Waals surface area contributed by atoms with Gasteiger partial charge < -0.3 is 0 Å². The maximum atomic E-state index is 3.59. The summed E-state index contributed by atoms with van der Waals surface area (Å²) in [5.74, 6) is 0. The first-order chi connectivity index (χ1) is 5.52. The SMILES string of the molecule is CC1(CCBr)CCCC[Si]1(C)C. The largest absolute Gasteiger partial charge is 0.0928 e. The first kappa shape index (κ1) is 10.8. The molecule has 1 saturated heterocycles. The van der Waals surface area contributed by atoms with Gasteiger partial charge in [-0.05, 0) is 11.5 Å². The van der Waals surface area contributed by atoms with Crippen LogP contribution in [0, 0.1) is 0 Å². The van der Waals surface area contributed by atoms with Crippen molar-refractivity contribution in [1.82, 2.24) is 0 Å². The summed E-state index contributed by atoms with van der Waals surface area (Å²) in [5.41, 5.74) is 0. The fourth-order valence-corrected chi connectivity index (χ4v) is 7.03. The Hall–Kier alpha value is 0.697. The Morgan fingerprint density at radius 3 is 2.50 bits per heavy atom. The van der Waals surface area contributed by atoms with Gasteiger partial charge in [0.05, 0.1) is 8.07 Å². The summed E-state index contributed by atoms with van der Waals surface area (Å²) in [5, 5.41) is 1.91. The average Bonchev–Trinajstić information content (AvgIpc) is 1.96. The van der Waals surface area contributed by atoms with Gasteiger partial charge in [-0.2, -0.15) is 0 Å². The number of hydrogen-bond donors (Lipinski definition) is 0. The number of alkyl halides is 1. The first-order valence-electron chi connectivity index (χ1n) is 5.08. The minimum atomic E-state index is -0.895. The molecular formula is C10H21BrSi. The summed E-state index contributed by atoms with van der Waals surface area (Å²) in [4.78, 5) is 0. The second kappa shape index (κ2) is 3.83. The Balaban J connectivity index is 2.69. The third-order valence-corrected chi connectivity index (χ3v) is 9.83. The Morgan fingerprint density at radius 1 is 1.33 bits per heavy atom. The monoisotopic (exact) mass is 248 g/mol. The van der Waals surface area contributed by atoms with Crippen LogP contribution in [0.1, 0.15) is 32.6 Å². The topological polar surface area (TPSA) is 0 Å². The molecule has 0 nitrogen and oxygen atoms in total. The molecule has 1 heterocycles. The molecule has 0 saturated carbocycles. The highest BCUT2D eigenvalue weighted by Gasteiger charge is 2.43. The minimum Gasteiger partial charge on any atom is -0.0928 e. The molecular weight excluding hydrogens is 228 g/mol. The van der Waals surface area contributed by atoms with E-state index < -0.39 is 8.07 Å². The van der Waals surface area contributed by atoms with Gasteiger partial charge >= 0.3 is 0 Å². The zero-order valence-corrected chi connectivity index (χ0v) is 11.2. The summed E-state index contributed by atoms with van der Waals surface area (Å²) in [6, 6.07) is 1.55. The smallest absolute Gasteiger partial charge is 0.0533 e. The van der Waals surface area contributed by atoms with Gasteiger partial charge in [0.2, 0.25) is 0 Å². The second-order valence-electron chi connectivity index (χ2n) is 5.09. The van der Waals surface area contributed by atoms with E-state index in [1.54, 1.807) is 6.04 Å². The lowest BCUT2D eigenvalue weighted by atomic mass is 9.99. The lowest BCUT2D eigenvalue weighted by Crippen LogP contribution is -2.43. The van der Waals surface area contributed by atoms with Crippen LogP contribution in [0.25, 0.3) is 0 Å². The number of halogens is 1. The van der Waals surface area contributed by atoms with Crippen molar-refractivity contribution in [2.45, 2.75) is 56.8 Å². The molecule has 0 aromatic rings. The Bertz CT molecular complexity index is 152. The van der Waals surface area contributed by atoms with E-state index in [9.17, 15) is 0 Å². The molecule has 0 spiro atoms. The van der Waals surface area contributed by atoms with Crippen LogP contribution in [-0.2, 0) is 0 Å². The van der Waals surface area contributed by atoms with Crippen LogP contribution in [0.15, 0.2) is 0 Å². The van der Waals surface area contributed by atoms with Gasteiger partial charge in [0, 0.05) is 5.33 Å². The van der Waals surface area contributed by atoms with Gasteiger partial charge in [-0.25, -0.2) is 0 Å². The molecule has 0 radical (unpaired) electrons. The normalized spacial score (nSPS) is 35.0. The van der Waals surface area contributed by atoms with Gasteiger partial charge in [-0.3, -0.25) is 0 Å². The highest BCUT2D eigenvalue weighted by Crippen LogP contribution is 2.51. The van der Waals surface area contributed by atoms with E-state index in [2.05, 4.69) is 35.9 Å². The highest BCUT2D eigenvalue weighted by molar-refractivity contribution is 9.09. The quantitative estimate of drug-likeness (QED) is 0.502. The molecule has 0 bridgehead atoms. The minimum absolute atomic E-state index is 0.717. The van der Waals surface area contributed by atoms with E-state index >= 15 is 0 Å². The third kappa shape index (κ3) is 1.95. The summed E-state index contributed by atoms with van der Waals surface area (Å²) < 4.78 is 0. The molecule has 1 atom stereocenters. The molecule has 0 aromatic heterocycles. The predicted molar refractivity (Wildman–Crippen MR) is 62.9 cm³/mol. The van der Waals surface area contributed by atoms with Crippen LogP contribution in [-0.4, -0.2) is 13.4 Å². The maximum absolute atomic E-state index is 3.59. The van der Waals surface area contributed by atoms with Crippen molar-refractivity contribution in [3.8, 4) is 0 Å². The van der Waals surface area contributed by atoms with Crippen molar-refractivity contribution < 1.29 is 0 Å². The van der Waals surface area contributed by atoms with E-state index in [0.29, 0.717) is 0 Å². The number of hydrogen-bond acceptors (Lipinski definition) is 0. The molecule has 1 aliphatic heterocycles. The molecule has 1 fully saturated rings. The highest BCUT2D eigenvalue weighted by atomic mass is 79.9. The lowest BCUT2D eigenvalue weighted by molar-refractivity contribution is 0.465. The molecule has 0 amide bonds. The summed E-state index contributed by atoms with van der Waals surface area (Å²) in [6.45, 7) is 7.68. The van der Waals surface area contributed by atoms with E-state index in [1.807, 2.05) is 0 Å². The van der Waals surface area contributed by atoms with Crippen molar-refractivity contribution in [1.29, 1.82) is 0 Å². The van der Waals surface area contributed by atoms with Gasteiger partial charge in [0.1, 0.15) is 0 Å². The van der Waals surface area contributed by atoms with Crippen LogP contribution in [0.5, 0.6) is 0 Å². The molecule has 1 rings (SSSR count). The second-order valence-corrected chi connectivity index (χ2v) is 11.4. The number of rotatable bonds is 2. The third-order valence-electron chi connectivity index (χ3n) is 4.06. The van der Waals surface area contributed by atoms with Crippen molar-refractivity contribution in [3.63, 3.8) is 0 Å². The van der Waals surface area contributed by atoms with E-state index in [1.165, 1.54) is 31.0 Å². The van der Waals surface area contributed by atoms with Crippen molar-refractivity contribution >= 4 is 24.0 Å². The van der Waals surface area contributed by atoms with Gasteiger partial charge in [0.15, 0.2) is 0 Å². The summed E-state index contributed by atoms with van der Waals surface area (Å²) in [6.07, 6.45) is 5.85. The van der Waals surface area contributed by atoms with Crippen molar-refractivity contribution in [2.24, 2.45) is 0 Å². The first-order valence-corrected chi connectivity index (χ1v) is 9.41. The van der Waals surface area contributed by atoms with Crippen molar-refractivity contribution in [2.75, 3.05) is 5.33 Å². The molecule has 2 heteroatoms. The summed E-state index contributed by atoms with van der Waals surface area (Å²) in [7, 11) is -0.895. The van der Waals surface area contributed by atoms with E-state index in [-0.39, 0.29) is 0 Å². The standard InChI is InChI=1S/C10H21BrSi/c1-10(7-8-11)6-4-5-9-12(10,2)3/h4-9H2,1-3H3. The van der Waals surface area contributed by atoms with Crippen LogP contribution in [0.3, 0.4) is 0 Å². The van der Waals surface area contributed by atoms with Crippen molar-refractivity contribution in [3.05, 3.63) is 0 Å². The van der Waals surface area contributed by atoms with Crippen LogP contribution in [0.2, 0.25) is 24.2 Å². The van der Waals surface area contributed by atoms with E-state index in [0.717, 1.165) is 5.04 Å². The zero-order valence-electron chi connectivity index (χ0n) is 8.62. The van der Waals surface area contributed by atoms with Gasteiger partial charge in [-0.1, -0.05) is 61.3 Å². The predicted octanol–water partition coefficient (Wildman–Crippen LogP) is 4.42. The molecule has 12 heavy (non-hydrogen) atoms. The van der Waals surface area contributed by atoms with Gasteiger partial charge in [-0.15, -0.1) is 0 Å². The molecule has 72 valence electrons.